The van der Waals surface area contributed by atoms with E-state index in [0.29, 0.717) is 11.4 Å². The highest BCUT2D eigenvalue weighted by Crippen LogP contribution is 2.33. The number of benzene rings is 3. The molecule has 0 aliphatic heterocycles. The lowest BCUT2D eigenvalue weighted by Gasteiger charge is -2.25. The minimum Gasteiger partial charge on any atom is -0.497 e. The molecule has 0 aromatic heterocycles. The maximum atomic E-state index is 13.7. The Bertz CT molecular complexity index is 1290. The maximum absolute atomic E-state index is 13.7. The lowest BCUT2D eigenvalue weighted by molar-refractivity contribution is -0.116. The highest BCUT2D eigenvalue weighted by Gasteiger charge is 2.26. The van der Waals surface area contributed by atoms with Crippen molar-refractivity contribution >= 4 is 27.3 Å². The van der Waals surface area contributed by atoms with Crippen LogP contribution in [0.25, 0.3) is 0 Å². The van der Waals surface area contributed by atoms with Crippen molar-refractivity contribution in [2.45, 2.75) is 64.2 Å². The fourth-order valence-corrected chi connectivity index (χ4v) is 5.74. The first-order valence-corrected chi connectivity index (χ1v) is 14.2. The van der Waals surface area contributed by atoms with Gasteiger partial charge in [0.15, 0.2) is 0 Å². The van der Waals surface area contributed by atoms with Gasteiger partial charge in [-0.2, -0.15) is 0 Å². The third-order valence-electron chi connectivity index (χ3n) is 6.44. The zero-order chi connectivity index (χ0) is 27.2. The zero-order valence-electron chi connectivity index (χ0n) is 22.6. The predicted octanol–water partition coefficient (Wildman–Crippen LogP) is 6.73. The first-order valence-electron chi connectivity index (χ1n) is 12.8. The molecule has 1 amide bonds. The number of nitrogens with one attached hydrogen (secondary N) is 1. The Balaban J connectivity index is 1.92. The van der Waals surface area contributed by atoms with E-state index in [2.05, 4.69) is 33.0 Å². The second-order valence-corrected chi connectivity index (χ2v) is 11.6. The van der Waals surface area contributed by atoms with Crippen LogP contribution in [0.2, 0.25) is 0 Å². The van der Waals surface area contributed by atoms with Crippen LogP contribution in [0.4, 0.5) is 11.4 Å². The maximum Gasteiger partial charge on any atom is 0.264 e. The van der Waals surface area contributed by atoms with Crippen molar-refractivity contribution in [2.75, 3.05) is 23.3 Å². The van der Waals surface area contributed by atoms with Crippen molar-refractivity contribution < 1.29 is 17.9 Å². The summed E-state index contributed by atoms with van der Waals surface area (Å²) in [7, 11) is -2.38. The van der Waals surface area contributed by atoms with Crippen LogP contribution >= 0.6 is 0 Å². The number of nitrogens with zero attached hydrogens (tertiary/aromatic N) is 1. The smallest absolute Gasteiger partial charge is 0.264 e. The Morgan fingerprint density at radius 1 is 0.919 bits per heavy atom. The Kier molecular flexibility index (Phi) is 9.38. The molecule has 6 nitrogen and oxygen atoms in total. The van der Waals surface area contributed by atoms with Gasteiger partial charge in [0.05, 0.1) is 17.7 Å². The average Bonchev–Trinajstić information content (AvgIpc) is 2.88. The van der Waals surface area contributed by atoms with Gasteiger partial charge < -0.3 is 10.1 Å². The summed E-state index contributed by atoms with van der Waals surface area (Å²) in [5.74, 6) is 0.762. The van der Waals surface area contributed by atoms with Crippen LogP contribution in [0, 0.1) is 0 Å². The first-order chi connectivity index (χ1) is 17.6. The molecule has 3 rings (SSSR count). The molecule has 0 heterocycles. The van der Waals surface area contributed by atoms with Crippen LogP contribution in [0.15, 0.2) is 71.6 Å². The number of carbonyl (C=O) groups excluding carboxylic acids is 1. The minimum atomic E-state index is -3.92. The van der Waals surface area contributed by atoms with E-state index in [9.17, 15) is 13.2 Å². The zero-order valence-corrected chi connectivity index (χ0v) is 23.4. The largest absolute Gasteiger partial charge is 0.497 e. The van der Waals surface area contributed by atoms with E-state index in [1.165, 1.54) is 11.4 Å². The average molecular weight is 523 g/mol. The molecule has 7 heteroatoms. The van der Waals surface area contributed by atoms with Crippen LogP contribution in [-0.2, 0) is 21.2 Å². The molecule has 0 spiro atoms. The number of carbonyl (C=O) groups is 1. The quantitative estimate of drug-likeness (QED) is 0.303. The summed E-state index contributed by atoms with van der Waals surface area (Å²) in [5.41, 5.74) is 4.44. The van der Waals surface area contributed by atoms with Gasteiger partial charge in [-0.3, -0.25) is 9.10 Å². The number of amides is 1. The number of hydrogen-bond acceptors (Lipinski definition) is 4. The van der Waals surface area contributed by atoms with Crippen molar-refractivity contribution in [3.8, 4) is 5.75 Å². The lowest BCUT2D eigenvalue weighted by atomic mass is 9.92. The van der Waals surface area contributed by atoms with Crippen molar-refractivity contribution in [3.05, 3.63) is 83.4 Å². The Morgan fingerprint density at radius 3 is 2.05 bits per heavy atom. The van der Waals surface area contributed by atoms with E-state index in [0.717, 1.165) is 28.8 Å². The standard InChI is InChI=1S/C30H38N2O4S/c1-7-23-14-16-26(17-15-23)37(34,35)32(24-10-8-11-25(20-24)36-6)19-18-29(33)31-30-27(21(2)3)12-9-13-28(30)22(4)5/h8-17,20-22H,7,18-19H2,1-6H3,(H,31,33). The second-order valence-electron chi connectivity index (χ2n) is 9.70. The molecule has 3 aromatic carbocycles. The molecule has 0 atom stereocenters. The summed E-state index contributed by atoms with van der Waals surface area (Å²) in [6.45, 7) is 10.4. The van der Waals surface area contributed by atoms with Gasteiger partial charge in [0.25, 0.3) is 10.0 Å². The van der Waals surface area contributed by atoms with Gasteiger partial charge in [0.1, 0.15) is 5.75 Å². The Hall–Kier alpha value is -3.32. The number of hydrogen-bond donors (Lipinski definition) is 1. The molecule has 0 aliphatic carbocycles. The lowest BCUT2D eigenvalue weighted by Crippen LogP contribution is -2.34. The Morgan fingerprint density at radius 2 is 1.51 bits per heavy atom. The number of sulfonamides is 1. The van der Waals surface area contributed by atoms with E-state index >= 15 is 0 Å². The minimum absolute atomic E-state index is 0.00650. The van der Waals surface area contributed by atoms with Crippen LogP contribution in [0.1, 0.15) is 69.6 Å². The van der Waals surface area contributed by atoms with Gasteiger partial charge in [-0.05, 0) is 59.2 Å². The molecule has 1 N–H and O–H groups in total. The summed E-state index contributed by atoms with van der Waals surface area (Å²) in [6, 6.07) is 19.8. The number of methoxy groups -OCH3 is 1. The Labute approximate surface area is 221 Å². The van der Waals surface area contributed by atoms with Crippen molar-refractivity contribution in [1.82, 2.24) is 0 Å². The molecular formula is C30H38N2O4S. The van der Waals surface area contributed by atoms with E-state index in [-0.39, 0.29) is 35.6 Å². The normalized spacial score (nSPS) is 11.6. The fraction of sp³-hybridized carbons (Fsp3) is 0.367. The molecule has 0 bridgehead atoms. The molecular weight excluding hydrogens is 484 g/mol. The topological polar surface area (TPSA) is 75.7 Å². The van der Waals surface area contributed by atoms with E-state index in [1.807, 2.05) is 37.3 Å². The van der Waals surface area contributed by atoms with Gasteiger partial charge >= 0.3 is 0 Å². The highest BCUT2D eigenvalue weighted by molar-refractivity contribution is 7.92. The molecule has 3 aromatic rings. The molecule has 37 heavy (non-hydrogen) atoms. The van der Waals surface area contributed by atoms with E-state index in [1.54, 1.807) is 36.4 Å². The third kappa shape index (κ3) is 6.72. The number of para-hydroxylation sites is 1. The SMILES string of the molecule is CCc1ccc(S(=O)(=O)N(CCC(=O)Nc2c(C(C)C)cccc2C(C)C)c2cccc(OC)c2)cc1. The second kappa shape index (κ2) is 12.3. The number of rotatable bonds is 11. The monoisotopic (exact) mass is 522 g/mol. The van der Waals surface area contributed by atoms with Crippen molar-refractivity contribution in [3.63, 3.8) is 0 Å². The summed E-state index contributed by atoms with van der Waals surface area (Å²) in [6.07, 6.45) is 0.809. The summed E-state index contributed by atoms with van der Waals surface area (Å²) in [5, 5.41) is 3.09. The molecule has 0 fully saturated rings. The summed E-state index contributed by atoms with van der Waals surface area (Å²) in [4.78, 5) is 13.4. The summed E-state index contributed by atoms with van der Waals surface area (Å²) >= 11 is 0. The van der Waals surface area contributed by atoms with E-state index in [4.69, 9.17) is 4.74 Å². The first kappa shape index (κ1) is 28.3. The van der Waals surface area contributed by atoms with Crippen molar-refractivity contribution in [2.24, 2.45) is 0 Å². The molecule has 198 valence electrons. The predicted molar refractivity (Wildman–Crippen MR) is 151 cm³/mol. The molecule has 0 radical (unpaired) electrons. The van der Waals surface area contributed by atoms with Gasteiger partial charge in [-0.1, -0.05) is 71.0 Å². The third-order valence-corrected chi connectivity index (χ3v) is 8.28. The molecule has 0 aliphatic rings. The van der Waals surface area contributed by atoms with Crippen LogP contribution in [-0.4, -0.2) is 28.0 Å². The molecule has 0 saturated carbocycles. The van der Waals surface area contributed by atoms with Gasteiger partial charge in [0, 0.05) is 24.7 Å². The number of anilines is 2. The van der Waals surface area contributed by atoms with Crippen LogP contribution < -0.4 is 14.4 Å². The summed E-state index contributed by atoms with van der Waals surface area (Å²) < 4.78 is 34.1. The molecule has 0 saturated heterocycles. The molecule has 0 unspecified atom stereocenters. The van der Waals surface area contributed by atoms with Gasteiger partial charge in [-0.25, -0.2) is 8.42 Å². The van der Waals surface area contributed by atoms with Crippen LogP contribution in [0.3, 0.4) is 0 Å². The van der Waals surface area contributed by atoms with Gasteiger partial charge in [0.2, 0.25) is 5.91 Å². The number of aryl methyl sites for hydroxylation is 1. The number of ether oxygens (including phenoxy) is 1. The van der Waals surface area contributed by atoms with Gasteiger partial charge in [-0.15, -0.1) is 0 Å². The van der Waals surface area contributed by atoms with Crippen molar-refractivity contribution in [1.29, 1.82) is 0 Å². The highest BCUT2D eigenvalue weighted by atomic mass is 32.2. The van der Waals surface area contributed by atoms with E-state index < -0.39 is 10.0 Å². The fourth-order valence-electron chi connectivity index (χ4n) is 4.28. The van der Waals surface area contributed by atoms with Crippen LogP contribution in [0.5, 0.6) is 5.75 Å².